The first-order valence-corrected chi connectivity index (χ1v) is 9.43. The maximum Gasteiger partial charge on any atom is 0.344 e. The molecule has 0 bridgehead atoms. The van der Waals surface area contributed by atoms with Crippen LogP contribution in [0.1, 0.15) is 33.3 Å². The predicted octanol–water partition coefficient (Wildman–Crippen LogP) is 4.78. The van der Waals surface area contributed by atoms with Gasteiger partial charge in [-0.05, 0) is 30.0 Å². The number of ether oxygens (including phenoxy) is 2. The first kappa shape index (κ1) is 19.7. The van der Waals surface area contributed by atoms with Crippen LogP contribution in [0.25, 0.3) is 16.9 Å². The number of esters is 1. The number of rotatable bonds is 6. The Labute approximate surface area is 165 Å². The van der Waals surface area contributed by atoms with Gasteiger partial charge in [0.25, 0.3) is 0 Å². The van der Waals surface area contributed by atoms with Gasteiger partial charge in [-0.1, -0.05) is 63.2 Å². The Bertz CT molecular complexity index is 923. The third-order valence-electron chi connectivity index (χ3n) is 4.38. The minimum atomic E-state index is -0.409. The molecule has 0 unspecified atom stereocenters. The molecule has 0 fully saturated rings. The molecule has 3 aromatic rings. The molecule has 5 nitrogen and oxygen atoms in total. The van der Waals surface area contributed by atoms with Crippen LogP contribution in [0.2, 0.25) is 0 Å². The number of carbonyl (C=O) groups excluding carboxylic acids is 1. The van der Waals surface area contributed by atoms with E-state index in [4.69, 9.17) is 9.47 Å². The highest BCUT2D eigenvalue weighted by Gasteiger charge is 2.16. The summed E-state index contributed by atoms with van der Waals surface area (Å²) >= 11 is 0. The molecule has 0 saturated heterocycles. The number of nitrogens with zero attached hydrogens (tertiary/aromatic N) is 2. The molecule has 1 aromatic heterocycles. The third kappa shape index (κ3) is 4.60. The van der Waals surface area contributed by atoms with Crippen LogP contribution in [-0.2, 0) is 14.9 Å². The molecule has 3 rings (SSSR count). The van der Waals surface area contributed by atoms with Crippen molar-refractivity contribution in [3.63, 3.8) is 0 Å². The highest BCUT2D eigenvalue weighted by molar-refractivity contribution is 5.71. The summed E-state index contributed by atoms with van der Waals surface area (Å²) < 4.78 is 12.3. The molecule has 0 aliphatic heterocycles. The van der Waals surface area contributed by atoms with Crippen molar-refractivity contribution in [2.24, 2.45) is 0 Å². The van der Waals surface area contributed by atoms with Gasteiger partial charge in [0.05, 0.1) is 18.0 Å². The summed E-state index contributed by atoms with van der Waals surface area (Å²) in [6.07, 6.45) is 0. The van der Waals surface area contributed by atoms with Crippen molar-refractivity contribution in [1.82, 2.24) is 9.78 Å². The lowest BCUT2D eigenvalue weighted by atomic mass is 9.87. The molecule has 2 aromatic carbocycles. The average Bonchev–Trinajstić information content (AvgIpc) is 3.11. The molecule has 146 valence electrons. The molecular formula is C23H26N2O3. The van der Waals surface area contributed by atoms with Gasteiger partial charge in [-0.3, -0.25) is 0 Å². The average molecular weight is 378 g/mol. The first-order chi connectivity index (χ1) is 13.4. The third-order valence-corrected chi connectivity index (χ3v) is 4.38. The number of hydrogen-bond acceptors (Lipinski definition) is 4. The van der Waals surface area contributed by atoms with E-state index < -0.39 is 5.97 Å². The first-order valence-electron chi connectivity index (χ1n) is 9.43. The Morgan fingerprint density at radius 1 is 1.04 bits per heavy atom. The molecule has 0 amide bonds. The SMILES string of the molecule is CCOC(=O)COc1cc(-c2ccccc2)n(-c2ccc(C(C)(C)C)cc2)n1. The summed E-state index contributed by atoms with van der Waals surface area (Å²) in [7, 11) is 0. The van der Waals surface area contributed by atoms with Crippen molar-refractivity contribution in [3.8, 4) is 22.8 Å². The molecule has 0 aliphatic carbocycles. The minimum absolute atomic E-state index is 0.0822. The zero-order valence-electron chi connectivity index (χ0n) is 16.8. The fraction of sp³-hybridized carbons (Fsp3) is 0.304. The minimum Gasteiger partial charge on any atom is -0.465 e. The molecular weight excluding hydrogens is 352 g/mol. The van der Waals surface area contributed by atoms with Gasteiger partial charge in [0, 0.05) is 11.6 Å². The van der Waals surface area contributed by atoms with E-state index in [0.717, 1.165) is 16.9 Å². The van der Waals surface area contributed by atoms with Gasteiger partial charge in [0.15, 0.2) is 6.61 Å². The fourth-order valence-corrected chi connectivity index (χ4v) is 2.88. The summed E-state index contributed by atoms with van der Waals surface area (Å²) in [6.45, 7) is 8.49. The summed E-state index contributed by atoms with van der Waals surface area (Å²) in [5.41, 5.74) is 4.17. The number of aromatic nitrogens is 2. The van der Waals surface area contributed by atoms with E-state index in [0.29, 0.717) is 12.5 Å². The molecule has 28 heavy (non-hydrogen) atoms. The topological polar surface area (TPSA) is 53.4 Å². The Hall–Kier alpha value is -3.08. The zero-order chi connectivity index (χ0) is 20.1. The number of benzene rings is 2. The Morgan fingerprint density at radius 2 is 1.71 bits per heavy atom. The van der Waals surface area contributed by atoms with E-state index in [2.05, 4.69) is 50.1 Å². The number of carbonyl (C=O) groups is 1. The van der Waals surface area contributed by atoms with E-state index >= 15 is 0 Å². The molecule has 0 N–H and O–H groups in total. The highest BCUT2D eigenvalue weighted by atomic mass is 16.6. The summed E-state index contributed by atoms with van der Waals surface area (Å²) in [4.78, 5) is 11.6. The van der Waals surface area contributed by atoms with Gasteiger partial charge in [-0.25, -0.2) is 9.48 Å². The summed E-state index contributed by atoms with van der Waals surface area (Å²) in [5.74, 6) is -0.0281. The molecule has 0 aliphatic rings. The van der Waals surface area contributed by atoms with E-state index in [1.807, 2.05) is 41.1 Å². The van der Waals surface area contributed by atoms with Crippen LogP contribution in [0, 0.1) is 0 Å². The Morgan fingerprint density at radius 3 is 2.32 bits per heavy atom. The van der Waals surface area contributed by atoms with Crippen LogP contribution < -0.4 is 4.74 Å². The number of hydrogen-bond donors (Lipinski definition) is 0. The van der Waals surface area contributed by atoms with Gasteiger partial charge in [0.2, 0.25) is 5.88 Å². The lowest BCUT2D eigenvalue weighted by Crippen LogP contribution is -2.14. The second-order valence-electron chi connectivity index (χ2n) is 7.54. The van der Waals surface area contributed by atoms with Crippen LogP contribution in [0.3, 0.4) is 0 Å². The van der Waals surface area contributed by atoms with Crippen molar-refractivity contribution in [2.75, 3.05) is 13.2 Å². The van der Waals surface area contributed by atoms with Crippen molar-refractivity contribution >= 4 is 5.97 Å². The fourth-order valence-electron chi connectivity index (χ4n) is 2.88. The van der Waals surface area contributed by atoms with Crippen molar-refractivity contribution in [1.29, 1.82) is 0 Å². The monoisotopic (exact) mass is 378 g/mol. The molecule has 0 saturated carbocycles. The van der Waals surface area contributed by atoms with Crippen LogP contribution in [0.5, 0.6) is 5.88 Å². The van der Waals surface area contributed by atoms with Crippen LogP contribution in [0.4, 0.5) is 0 Å². The second-order valence-corrected chi connectivity index (χ2v) is 7.54. The van der Waals surface area contributed by atoms with Gasteiger partial charge in [0.1, 0.15) is 0 Å². The lowest BCUT2D eigenvalue weighted by Gasteiger charge is -2.19. The van der Waals surface area contributed by atoms with Crippen LogP contribution in [0.15, 0.2) is 60.7 Å². The van der Waals surface area contributed by atoms with Crippen LogP contribution in [-0.4, -0.2) is 29.0 Å². The van der Waals surface area contributed by atoms with E-state index in [9.17, 15) is 4.79 Å². The van der Waals surface area contributed by atoms with Crippen molar-refractivity contribution in [2.45, 2.75) is 33.1 Å². The lowest BCUT2D eigenvalue weighted by molar-refractivity contribution is -0.145. The second kappa shape index (κ2) is 8.30. The normalized spacial score (nSPS) is 11.3. The molecule has 0 atom stereocenters. The maximum absolute atomic E-state index is 11.6. The van der Waals surface area contributed by atoms with E-state index in [1.54, 1.807) is 6.92 Å². The van der Waals surface area contributed by atoms with Crippen molar-refractivity contribution in [3.05, 3.63) is 66.2 Å². The van der Waals surface area contributed by atoms with Gasteiger partial charge in [-0.2, -0.15) is 0 Å². The smallest absolute Gasteiger partial charge is 0.344 e. The standard InChI is InChI=1S/C23H26N2O3/c1-5-27-22(26)16-28-21-15-20(17-9-7-6-8-10-17)25(24-21)19-13-11-18(12-14-19)23(2,3)4/h6-15H,5,16H2,1-4H3. The van der Waals surface area contributed by atoms with Crippen LogP contribution >= 0.6 is 0 Å². The molecule has 0 spiro atoms. The van der Waals surface area contributed by atoms with E-state index in [-0.39, 0.29) is 12.0 Å². The quantitative estimate of drug-likeness (QED) is 0.579. The van der Waals surface area contributed by atoms with E-state index in [1.165, 1.54) is 5.56 Å². The summed E-state index contributed by atoms with van der Waals surface area (Å²) in [6, 6.07) is 20.1. The van der Waals surface area contributed by atoms with Gasteiger partial charge >= 0.3 is 5.97 Å². The predicted molar refractivity (Wildman–Crippen MR) is 110 cm³/mol. The Kier molecular flexibility index (Phi) is 5.83. The molecule has 1 heterocycles. The molecule has 0 radical (unpaired) electrons. The zero-order valence-corrected chi connectivity index (χ0v) is 16.8. The summed E-state index contributed by atoms with van der Waals surface area (Å²) in [5, 5.41) is 4.57. The van der Waals surface area contributed by atoms with Crippen molar-refractivity contribution < 1.29 is 14.3 Å². The largest absolute Gasteiger partial charge is 0.465 e. The van der Waals surface area contributed by atoms with Gasteiger partial charge < -0.3 is 9.47 Å². The molecule has 5 heteroatoms. The highest BCUT2D eigenvalue weighted by Crippen LogP contribution is 2.28. The van der Waals surface area contributed by atoms with Gasteiger partial charge in [-0.15, -0.1) is 5.10 Å². The maximum atomic E-state index is 11.6. The Balaban J connectivity index is 1.95.